The van der Waals surface area contributed by atoms with Crippen molar-refractivity contribution in [3.8, 4) is 11.5 Å². The van der Waals surface area contributed by atoms with E-state index in [1.807, 2.05) is 12.1 Å². The van der Waals surface area contributed by atoms with Crippen molar-refractivity contribution >= 4 is 0 Å². The minimum atomic E-state index is 0.223. The standard InChI is InChI=1S/C17H28O3/c1-3-5-12-19-16-10-9-15(8-7-11-18)14-17(16)20-13-6-4-2/h9-10,14,18H,3-8,11-13H2,1-2H3. The van der Waals surface area contributed by atoms with Gasteiger partial charge in [0.25, 0.3) is 0 Å². The highest BCUT2D eigenvalue weighted by atomic mass is 16.5. The minimum Gasteiger partial charge on any atom is -0.490 e. The molecule has 0 saturated carbocycles. The summed E-state index contributed by atoms with van der Waals surface area (Å²) < 4.78 is 11.6. The molecule has 0 heterocycles. The van der Waals surface area contributed by atoms with Crippen LogP contribution in [0.4, 0.5) is 0 Å². The van der Waals surface area contributed by atoms with Gasteiger partial charge in [-0.15, -0.1) is 0 Å². The van der Waals surface area contributed by atoms with Crippen LogP contribution in [0.15, 0.2) is 18.2 Å². The number of hydrogen-bond donors (Lipinski definition) is 1. The maximum atomic E-state index is 8.91. The molecular formula is C17H28O3. The highest BCUT2D eigenvalue weighted by Crippen LogP contribution is 2.29. The van der Waals surface area contributed by atoms with Gasteiger partial charge in [-0.25, -0.2) is 0 Å². The number of aliphatic hydroxyl groups is 1. The Bertz CT molecular complexity index is 363. The van der Waals surface area contributed by atoms with Crippen LogP contribution in [-0.4, -0.2) is 24.9 Å². The van der Waals surface area contributed by atoms with Crippen molar-refractivity contribution in [3.05, 3.63) is 23.8 Å². The van der Waals surface area contributed by atoms with E-state index in [-0.39, 0.29) is 6.61 Å². The fourth-order valence-electron chi connectivity index (χ4n) is 1.88. The van der Waals surface area contributed by atoms with Crippen LogP contribution in [0.5, 0.6) is 11.5 Å². The predicted octanol–water partition coefficient (Wildman–Crippen LogP) is 3.97. The maximum absolute atomic E-state index is 8.91. The van der Waals surface area contributed by atoms with E-state index in [0.717, 1.165) is 63.2 Å². The molecule has 0 aliphatic carbocycles. The second kappa shape index (κ2) is 10.6. The molecule has 0 aromatic heterocycles. The Hall–Kier alpha value is -1.22. The SMILES string of the molecule is CCCCOc1ccc(CCCO)cc1OCCCC. The summed E-state index contributed by atoms with van der Waals surface area (Å²) >= 11 is 0. The summed E-state index contributed by atoms with van der Waals surface area (Å²) in [7, 11) is 0. The van der Waals surface area contributed by atoms with Gasteiger partial charge in [-0.05, 0) is 43.4 Å². The number of unbranched alkanes of at least 4 members (excludes halogenated alkanes) is 2. The first-order valence-electron chi connectivity index (χ1n) is 7.81. The quantitative estimate of drug-likeness (QED) is 0.623. The van der Waals surface area contributed by atoms with E-state index in [9.17, 15) is 0 Å². The van der Waals surface area contributed by atoms with Crippen LogP contribution < -0.4 is 9.47 Å². The molecule has 0 amide bonds. The number of hydrogen-bond acceptors (Lipinski definition) is 3. The van der Waals surface area contributed by atoms with Gasteiger partial charge in [-0.2, -0.15) is 0 Å². The van der Waals surface area contributed by atoms with Crippen LogP contribution in [0.1, 0.15) is 51.5 Å². The van der Waals surface area contributed by atoms with Crippen LogP contribution in [0.2, 0.25) is 0 Å². The zero-order valence-electron chi connectivity index (χ0n) is 12.9. The van der Waals surface area contributed by atoms with E-state index in [1.165, 1.54) is 5.56 Å². The molecule has 114 valence electrons. The Kier molecular flexibility index (Phi) is 8.88. The minimum absolute atomic E-state index is 0.223. The highest BCUT2D eigenvalue weighted by molar-refractivity contribution is 5.43. The largest absolute Gasteiger partial charge is 0.490 e. The summed E-state index contributed by atoms with van der Waals surface area (Å²) in [5.74, 6) is 1.67. The van der Waals surface area contributed by atoms with E-state index >= 15 is 0 Å². The van der Waals surface area contributed by atoms with E-state index in [4.69, 9.17) is 14.6 Å². The summed E-state index contributed by atoms with van der Waals surface area (Å²) in [5, 5.41) is 8.91. The van der Waals surface area contributed by atoms with Crippen molar-refractivity contribution in [3.63, 3.8) is 0 Å². The van der Waals surface area contributed by atoms with Gasteiger partial charge in [-0.1, -0.05) is 32.8 Å². The van der Waals surface area contributed by atoms with Gasteiger partial charge < -0.3 is 14.6 Å². The zero-order valence-corrected chi connectivity index (χ0v) is 12.9. The lowest BCUT2D eigenvalue weighted by Gasteiger charge is -2.14. The molecule has 0 aliphatic rings. The van der Waals surface area contributed by atoms with E-state index in [1.54, 1.807) is 0 Å². The van der Waals surface area contributed by atoms with Crippen molar-refractivity contribution in [1.29, 1.82) is 0 Å². The Morgan fingerprint density at radius 3 is 2.15 bits per heavy atom. The molecular weight excluding hydrogens is 252 g/mol. The third kappa shape index (κ3) is 6.29. The van der Waals surface area contributed by atoms with Crippen LogP contribution in [0.25, 0.3) is 0 Å². The topological polar surface area (TPSA) is 38.7 Å². The summed E-state index contributed by atoms with van der Waals surface area (Å²) in [6.45, 7) is 5.99. The highest BCUT2D eigenvalue weighted by Gasteiger charge is 2.07. The molecule has 1 N–H and O–H groups in total. The van der Waals surface area contributed by atoms with Gasteiger partial charge in [0.05, 0.1) is 13.2 Å². The zero-order chi connectivity index (χ0) is 14.6. The van der Waals surface area contributed by atoms with Crippen molar-refractivity contribution in [1.82, 2.24) is 0 Å². The number of benzene rings is 1. The molecule has 1 aromatic rings. The number of aryl methyl sites for hydroxylation is 1. The monoisotopic (exact) mass is 280 g/mol. The summed E-state index contributed by atoms with van der Waals surface area (Å²) in [6.07, 6.45) is 6.01. The van der Waals surface area contributed by atoms with Gasteiger partial charge in [-0.3, -0.25) is 0 Å². The van der Waals surface area contributed by atoms with Gasteiger partial charge in [0, 0.05) is 6.61 Å². The molecule has 0 atom stereocenters. The lowest BCUT2D eigenvalue weighted by molar-refractivity contribution is 0.261. The van der Waals surface area contributed by atoms with E-state index in [0.29, 0.717) is 0 Å². The number of aliphatic hydroxyl groups excluding tert-OH is 1. The number of ether oxygens (including phenoxy) is 2. The van der Waals surface area contributed by atoms with Crippen LogP contribution in [0.3, 0.4) is 0 Å². The molecule has 0 fully saturated rings. The summed E-state index contributed by atoms with van der Waals surface area (Å²) in [5.41, 5.74) is 1.19. The van der Waals surface area contributed by atoms with Crippen LogP contribution >= 0.6 is 0 Å². The second-order valence-corrected chi connectivity index (χ2v) is 5.01. The van der Waals surface area contributed by atoms with E-state index < -0.39 is 0 Å². The molecule has 0 bridgehead atoms. The van der Waals surface area contributed by atoms with Crippen molar-refractivity contribution in [2.45, 2.75) is 52.4 Å². The molecule has 1 aromatic carbocycles. The van der Waals surface area contributed by atoms with Gasteiger partial charge >= 0.3 is 0 Å². The van der Waals surface area contributed by atoms with Gasteiger partial charge in [0.2, 0.25) is 0 Å². The lowest BCUT2D eigenvalue weighted by Crippen LogP contribution is -2.03. The smallest absolute Gasteiger partial charge is 0.161 e. The fraction of sp³-hybridized carbons (Fsp3) is 0.647. The second-order valence-electron chi connectivity index (χ2n) is 5.01. The first kappa shape index (κ1) is 16.8. The molecule has 0 aliphatic heterocycles. The molecule has 1 rings (SSSR count). The Balaban J connectivity index is 2.68. The first-order chi connectivity index (χ1) is 9.81. The Morgan fingerprint density at radius 1 is 0.900 bits per heavy atom. The van der Waals surface area contributed by atoms with Gasteiger partial charge in [0.1, 0.15) is 0 Å². The van der Waals surface area contributed by atoms with Crippen molar-refractivity contribution in [2.24, 2.45) is 0 Å². The Morgan fingerprint density at radius 2 is 1.55 bits per heavy atom. The molecule has 3 nitrogen and oxygen atoms in total. The average Bonchev–Trinajstić information content (AvgIpc) is 2.47. The molecule has 0 unspecified atom stereocenters. The third-order valence-electron chi connectivity index (χ3n) is 3.14. The van der Waals surface area contributed by atoms with Gasteiger partial charge in [0.15, 0.2) is 11.5 Å². The summed E-state index contributed by atoms with van der Waals surface area (Å²) in [4.78, 5) is 0. The normalized spacial score (nSPS) is 10.6. The van der Waals surface area contributed by atoms with Crippen LogP contribution in [0, 0.1) is 0 Å². The van der Waals surface area contributed by atoms with Crippen LogP contribution in [-0.2, 0) is 6.42 Å². The first-order valence-corrected chi connectivity index (χ1v) is 7.81. The predicted molar refractivity (Wildman–Crippen MR) is 82.7 cm³/mol. The molecule has 0 saturated heterocycles. The lowest BCUT2D eigenvalue weighted by atomic mass is 10.1. The fourth-order valence-corrected chi connectivity index (χ4v) is 1.88. The van der Waals surface area contributed by atoms with Crippen molar-refractivity contribution in [2.75, 3.05) is 19.8 Å². The maximum Gasteiger partial charge on any atom is 0.161 e. The average molecular weight is 280 g/mol. The summed E-state index contributed by atoms with van der Waals surface area (Å²) in [6, 6.07) is 6.10. The van der Waals surface area contributed by atoms with E-state index in [2.05, 4.69) is 19.9 Å². The molecule has 20 heavy (non-hydrogen) atoms. The molecule has 3 heteroatoms. The number of rotatable bonds is 11. The molecule has 0 radical (unpaired) electrons. The molecule has 0 spiro atoms. The Labute approximate surface area is 122 Å². The third-order valence-corrected chi connectivity index (χ3v) is 3.14. The van der Waals surface area contributed by atoms with Crippen molar-refractivity contribution < 1.29 is 14.6 Å².